The lowest BCUT2D eigenvalue weighted by atomic mass is 9.78. The van der Waals surface area contributed by atoms with E-state index >= 15 is 0 Å². The number of likely N-dealkylation sites (tertiary alicyclic amines) is 1. The number of hydrogen-bond acceptors (Lipinski definition) is 7. The van der Waals surface area contributed by atoms with Gasteiger partial charge in [-0.15, -0.1) is 0 Å². The molecule has 1 unspecified atom stereocenters. The van der Waals surface area contributed by atoms with Crippen LogP contribution in [0.4, 0.5) is 10.5 Å². The summed E-state index contributed by atoms with van der Waals surface area (Å²) < 4.78 is 18.8. The topological polar surface area (TPSA) is 121 Å². The molecule has 0 spiro atoms. The molecule has 10 heteroatoms. The number of hydrogen-bond donors (Lipinski definition) is 2. The van der Waals surface area contributed by atoms with Gasteiger partial charge in [0, 0.05) is 31.6 Å². The highest BCUT2D eigenvalue weighted by Crippen LogP contribution is 2.43. The normalized spacial score (nSPS) is 17.5. The van der Waals surface area contributed by atoms with E-state index in [0.717, 1.165) is 25.0 Å². The molecular weight excluding hydrogens is 510 g/mol. The van der Waals surface area contributed by atoms with Gasteiger partial charge in [0.15, 0.2) is 5.69 Å². The summed E-state index contributed by atoms with van der Waals surface area (Å²) in [6.07, 6.45) is 2.26. The van der Waals surface area contributed by atoms with Gasteiger partial charge in [0.1, 0.15) is 28.5 Å². The zero-order valence-electron chi connectivity index (χ0n) is 23.5. The lowest BCUT2D eigenvalue weighted by molar-refractivity contribution is 0.0172. The van der Waals surface area contributed by atoms with Crippen LogP contribution in [0.5, 0.6) is 17.2 Å². The maximum absolute atomic E-state index is 12.7. The molecule has 40 heavy (non-hydrogen) atoms. The van der Waals surface area contributed by atoms with Crippen molar-refractivity contribution in [2.75, 3.05) is 32.1 Å². The third-order valence-corrected chi connectivity index (χ3v) is 7.37. The Hall–Kier alpha value is -4.21. The molecule has 2 aliphatic rings. The first-order valence-corrected chi connectivity index (χ1v) is 13.7. The van der Waals surface area contributed by atoms with Crippen LogP contribution in [0.1, 0.15) is 62.1 Å². The van der Waals surface area contributed by atoms with Crippen molar-refractivity contribution in [3.63, 3.8) is 0 Å². The average Bonchev–Trinajstić information content (AvgIpc) is 3.32. The fourth-order valence-electron chi connectivity index (χ4n) is 5.55. The van der Waals surface area contributed by atoms with E-state index in [9.17, 15) is 9.59 Å². The molecule has 0 bridgehead atoms. The van der Waals surface area contributed by atoms with Crippen molar-refractivity contribution in [1.29, 1.82) is 0 Å². The molecule has 3 aromatic rings. The number of ether oxygens (including phenoxy) is 3. The number of para-hydroxylation sites is 1. The quantitative estimate of drug-likeness (QED) is 0.429. The van der Waals surface area contributed by atoms with Gasteiger partial charge in [0.05, 0.1) is 18.5 Å². The third kappa shape index (κ3) is 5.71. The van der Waals surface area contributed by atoms with Crippen LogP contribution >= 0.6 is 0 Å². The minimum absolute atomic E-state index is 0.128. The van der Waals surface area contributed by atoms with Crippen LogP contribution in [0.3, 0.4) is 0 Å². The minimum atomic E-state index is -0.576. The van der Waals surface area contributed by atoms with Crippen LogP contribution in [-0.4, -0.2) is 59.0 Å². The van der Waals surface area contributed by atoms with Crippen LogP contribution in [0, 0.1) is 5.92 Å². The number of fused-ring (bicyclic) bond motifs is 1. The summed E-state index contributed by atoms with van der Waals surface area (Å²) in [6, 6.07) is 14.9. The molecule has 2 aliphatic heterocycles. The third-order valence-electron chi connectivity index (χ3n) is 7.37. The molecule has 2 aromatic carbocycles. The Balaban J connectivity index is 1.41. The summed E-state index contributed by atoms with van der Waals surface area (Å²) in [4.78, 5) is 27.1. The van der Waals surface area contributed by atoms with Gasteiger partial charge < -0.3 is 30.2 Å². The van der Waals surface area contributed by atoms with Gasteiger partial charge in [-0.3, -0.25) is 4.79 Å². The minimum Gasteiger partial charge on any atom is -0.494 e. The number of aromatic nitrogens is 2. The molecule has 0 aliphatic carbocycles. The van der Waals surface area contributed by atoms with E-state index in [0.29, 0.717) is 59.9 Å². The van der Waals surface area contributed by atoms with Gasteiger partial charge in [0.25, 0.3) is 5.91 Å². The zero-order chi connectivity index (χ0) is 28.4. The summed E-state index contributed by atoms with van der Waals surface area (Å²) in [6.45, 7) is 7.58. The van der Waals surface area contributed by atoms with Gasteiger partial charge in [-0.1, -0.05) is 18.2 Å². The molecule has 3 heterocycles. The number of carbonyl (C=O) groups excluding carboxylic acids is 2. The lowest BCUT2D eigenvalue weighted by Gasteiger charge is -2.37. The Morgan fingerprint density at radius 2 is 1.75 bits per heavy atom. The first-order chi connectivity index (χ1) is 19.1. The summed E-state index contributed by atoms with van der Waals surface area (Å²) >= 11 is 0. The highest BCUT2D eigenvalue weighted by molar-refractivity contribution is 5.98. The first kappa shape index (κ1) is 27.4. The van der Waals surface area contributed by atoms with Crippen LogP contribution in [-0.2, 0) is 4.74 Å². The second kappa shape index (κ2) is 11.1. The average molecular weight is 548 g/mol. The molecule has 1 atom stereocenters. The number of nitrogens with one attached hydrogen (secondary N) is 1. The Kier molecular flexibility index (Phi) is 7.60. The number of carbonyl (C=O) groups is 2. The molecule has 0 saturated carbocycles. The molecule has 2 amide bonds. The number of benzene rings is 2. The molecule has 1 fully saturated rings. The fourth-order valence-corrected chi connectivity index (χ4v) is 5.55. The van der Waals surface area contributed by atoms with Crippen LogP contribution < -0.4 is 20.5 Å². The SMILES string of the molecule is COc1cc(Oc2ccccc2)ccc1-n1nc2c(c1C(N)=O)NCCC2C1CCN(C(=O)OC(C)(C)C)CC1. The summed E-state index contributed by atoms with van der Waals surface area (Å²) in [5.41, 5.74) is 7.76. The highest BCUT2D eigenvalue weighted by Gasteiger charge is 2.38. The van der Waals surface area contributed by atoms with E-state index in [1.165, 1.54) is 0 Å². The van der Waals surface area contributed by atoms with Crippen molar-refractivity contribution in [1.82, 2.24) is 14.7 Å². The summed E-state index contributed by atoms with van der Waals surface area (Å²) in [5.74, 6) is 1.66. The Bertz CT molecular complexity index is 1370. The number of primary amides is 1. The summed E-state index contributed by atoms with van der Waals surface area (Å²) in [5, 5.41) is 8.32. The van der Waals surface area contributed by atoms with Crippen molar-refractivity contribution in [3.05, 3.63) is 59.9 Å². The Morgan fingerprint density at radius 3 is 2.40 bits per heavy atom. The predicted octanol–water partition coefficient (Wildman–Crippen LogP) is 5.32. The van der Waals surface area contributed by atoms with E-state index in [2.05, 4.69) is 5.32 Å². The number of methoxy groups -OCH3 is 1. The number of nitrogens with zero attached hydrogens (tertiary/aromatic N) is 3. The number of nitrogens with two attached hydrogens (primary N) is 1. The van der Waals surface area contributed by atoms with E-state index < -0.39 is 11.5 Å². The predicted molar refractivity (Wildman–Crippen MR) is 152 cm³/mol. The van der Waals surface area contributed by atoms with E-state index in [-0.39, 0.29) is 12.0 Å². The molecule has 10 nitrogen and oxygen atoms in total. The highest BCUT2D eigenvalue weighted by atomic mass is 16.6. The lowest BCUT2D eigenvalue weighted by Crippen LogP contribution is -2.43. The zero-order valence-corrected chi connectivity index (χ0v) is 23.5. The van der Waals surface area contributed by atoms with E-state index in [1.54, 1.807) is 22.8 Å². The van der Waals surface area contributed by atoms with Crippen molar-refractivity contribution in [2.45, 2.75) is 51.6 Å². The van der Waals surface area contributed by atoms with Gasteiger partial charge >= 0.3 is 6.09 Å². The van der Waals surface area contributed by atoms with Gasteiger partial charge in [0.2, 0.25) is 0 Å². The van der Waals surface area contributed by atoms with Crippen molar-refractivity contribution >= 4 is 17.7 Å². The molecule has 212 valence electrons. The second-order valence-electron chi connectivity index (χ2n) is 11.3. The smallest absolute Gasteiger partial charge is 0.410 e. The number of piperidine rings is 1. The molecule has 5 rings (SSSR count). The monoisotopic (exact) mass is 547 g/mol. The number of rotatable bonds is 6. The fraction of sp³-hybridized carbons (Fsp3) is 0.433. The molecule has 3 N–H and O–H groups in total. The number of amides is 2. The van der Waals surface area contributed by atoms with E-state index in [4.69, 9.17) is 25.0 Å². The summed E-state index contributed by atoms with van der Waals surface area (Å²) in [7, 11) is 1.57. The molecule has 1 aromatic heterocycles. The molecule has 0 radical (unpaired) electrons. The molecule has 1 saturated heterocycles. The van der Waals surface area contributed by atoms with Crippen molar-refractivity contribution in [3.8, 4) is 22.9 Å². The largest absolute Gasteiger partial charge is 0.494 e. The first-order valence-electron chi connectivity index (χ1n) is 13.7. The number of anilines is 1. The van der Waals surface area contributed by atoms with Gasteiger partial charge in [-0.25, -0.2) is 9.48 Å². The van der Waals surface area contributed by atoms with Gasteiger partial charge in [-0.05, 0) is 70.2 Å². The maximum Gasteiger partial charge on any atom is 0.410 e. The standard InChI is InChI=1S/C30H37N5O5/c1-30(2,3)40-29(37)34-16-13-19(14-17-34)22-12-15-32-26-25(22)33-35(27(26)28(31)36)23-11-10-21(18-24(23)38-4)39-20-8-6-5-7-9-20/h5-11,18-19,22,32H,12-17H2,1-4H3,(H2,31,36). The van der Waals surface area contributed by atoms with Crippen molar-refractivity contribution < 1.29 is 23.8 Å². The van der Waals surface area contributed by atoms with Gasteiger partial charge in [-0.2, -0.15) is 5.10 Å². The Morgan fingerprint density at radius 1 is 1.02 bits per heavy atom. The van der Waals surface area contributed by atoms with Crippen molar-refractivity contribution in [2.24, 2.45) is 11.7 Å². The van der Waals surface area contributed by atoms with E-state index in [1.807, 2.05) is 63.2 Å². The Labute approximate surface area is 234 Å². The second-order valence-corrected chi connectivity index (χ2v) is 11.3. The van der Waals surface area contributed by atoms with Crippen LogP contribution in [0.25, 0.3) is 5.69 Å². The van der Waals surface area contributed by atoms with Crippen LogP contribution in [0.2, 0.25) is 0 Å². The maximum atomic E-state index is 12.7. The molecular formula is C30H37N5O5. The van der Waals surface area contributed by atoms with Crippen LogP contribution in [0.15, 0.2) is 48.5 Å².